The zero-order valence-corrected chi connectivity index (χ0v) is 16.5. The SMILES string of the molecule is COc1cc2c(cc1OC)CN(c1cc(C(=O)NC(C)(C)C)ncn1)CC2. The number of hydrogen-bond donors (Lipinski definition) is 1. The number of aromatic nitrogens is 2. The number of carbonyl (C=O) groups excluding carboxylic acids is 1. The van der Waals surface area contributed by atoms with E-state index in [4.69, 9.17) is 9.47 Å². The monoisotopic (exact) mass is 370 g/mol. The van der Waals surface area contributed by atoms with Crippen molar-refractivity contribution in [3.8, 4) is 11.5 Å². The summed E-state index contributed by atoms with van der Waals surface area (Å²) in [5.74, 6) is 2.00. The van der Waals surface area contributed by atoms with E-state index in [0.29, 0.717) is 18.0 Å². The first kappa shape index (κ1) is 18.9. The lowest BCUT2D eigenvalue weighted by Gasteiger charge is -2.30. The maximum Gasteiger partial charge on any atom is 0.270 e. The van der Waals surface area contributed by atoms with E-state index < -0.39 is 0 Å². The van der Waals surface area contributed by atoms with E-state index in [2.05, 4.69) is 20.2 Å². The van der Waals surface area contributed by atoms with Crippen LogP contribution in [0.5, 0.6) is 11.5 Å². The molecule has 0 radical (unpaired) electrons. The van der Waals surface area contributed by atoms with Crippen LogP contribution >= 0.6 is 0 Å². The molecule has 0 saturated heterocycles. The fraction of sp³-hybridized carbons (Fsp3) is 0.450. The van der Waals surface area contributed by atoms with Gasteiger partial charge in [-0.3, -0.25) is 4.79 Å². The summed E-state index contributed by atoms with van der Waals surface area (Å²) in [6.45, 7) is 7.32. The molecule has 1 N–H and O–H groups in total. The van der Waals surface area contributed by atoms with Crippen molar-refractivity contribution in [2.45, 2.75) is 39.3 Å². The quantitative estimate of drug-likeness (QED) is 0.891. The van der Waals surface area contributed by atoms with Crippen molar-refractivity contribution in [2.75, 3.05) is 25.7 Å². The molecule has 144 valence electrons. The van der Waals surface area contributed by atoms with Crippen molar-refractivity contribution in [1.29, 1.82) is 0 Å². The molecule has 3 rings (SSSR count). The minimum absolute atomic E-state index is 0.199. The molecule has 7 heteroatoms. The molecule has 7 nitrogen and oxygen atoms in total. The van der Waals surface area contributed by atoms with Crippen LogP contribution in [0.25, 0.3) is 0 Å². The number of carbonyl (C=O) groups is 1. The third-order valence-corrected chi connectivity index (χ3v) is 4.42. The van der Waals surface area contributed by atoms with Gasteiger partial charge in [-0.25, -0.2) is 9.97 Å². The maximum absolute atomic E-state index is 12.4. The summed E-state index contributed by atoms with van der Waals surface area (Å²) in [5.41, 5.74) is 2.46. The third kappa shape index (κ3) is 4.30. The topological polar surface area (TPSA) is 76.6 Å². The summed E-state index contributed by atoms with van der Waals surface area (Å²) >= 11 is 0. The van der Waals surface area contributed by atoms with Crippen molar-refractivity contribution in [3.63, 3.8) is 0 Å². The number of methoxy groups -OCH3 is 2. The predicted molar refractivity (Wildman–Crippen MR) is 104 cm³/mol. The van der Waals surface area contributed by atoms with Crippen LogP contribution in [0.1, 0.15) is 42.4 Å². The molecule has 27 heavy (non-hydrogen) atoms. The van der Waals surface area contributed by atoms with Crippen LogP contribution in [0.15, 0.2) is 24.5 Å². The van der Waals surface area contributed by atoms with Crippen LogP contribution in [0.3, 0.4) is 0 Å². The van der Waals surface area contributed by atoms with Crippen LogP contribution in [0, 0.1) is 0 Å². The number of benzene rings is 1. The van der Waals surface area contributed by atoms with Crippen molar-refractivity contribution in [1.82, 2.24) is 15.3 Å². The van der Waals surface area contributed by atoms with Crippen molar-refractivity contribution in [2.24, 2.45) is 0 Å². The highest BCUT2D eigenvalue weighted by molar-refractivity contribution is 5.93. The lowest BCUT2D eigenvalue weighted by molar-refractivity contribution is 0.0914. The first-order chi connectivity index (χ1) is 12.8. The summed E-state index contributed by atoms with van der Waals surface area (Å²) in [5, 5.41) is 2.93. The van der Waals surface area contributed by atoms with Gasteiger partial charge in [0.1, 0.15) is 17.8 Å². The number of ether oxygens (including phenoxy) is 2. The van der Waals surface area contributed by atoms with E-state index >= 15 is 0 Å². The average molecular weight is 370 g/mol. The first-order valence-electron chi connectivity index (χ1n) is 8.94. The van der Waals surface area contributed by atoms with Crippen molar-refractivity contribution >= 4 is 11.7 Å². The van der Waals surface area contributed by atoms with E-state index in [1.807, 2.05) is 32.9 Å². The second kappa shape index (κ2) is 7.42. The number of amides is 1. The lowest BCUT2D eigenvalue weighted by atomic mass is 9.98. The molecule has 0 atom stereocenters. The van der Waals surface area contributed by atoms with Gasteiger partial charge in [-0.1, -0.05) is 0 Å². The van der Waals surface area contributed by atoms with Gasteiger partial charge in [0.15, 0.2) is 11.5 Å². The van der Waals surface area contributed by atoms with Crippen LogP contribution in [0.2, 0.25) is 0 Å². The van der Waals surface area contributed by atoms with E-state index in [9.17, 15) is 4.79 Å². The molecular weight excluding hydrogens is 344 g/mol. The number of rotatable bonds is 4. The minimum atomic E-state index is -0.318. The van der Waals surface area contributed by atoms with E-state index in [-0.39, 0.29) is 11.4 Å². The largest absolute Gasteiger partial charge is 0.493 e. The Morgan fingerprint density at radius 1 is 1.07 bits per heavy atom. The molecule has 2 aromatic rings. The molecule has 0 saturated carbocycles. The summed E-state index contributed by atoms with van der Waals surface area (Å²) in [6.07, 6.45) is 2.31. The maximum atomic E-state index is 12.4. The Bertz CT molecular complexity index is 846. The Hall–Kier alpha value is -2.83. The Kier molecular flexibility index (Phi) is 5.21. The van der Waals surface area contributed by atoms with Crippen LogP contribution in [-0.2, 0) is 13.0 Å². The molecular formula is C20H26N4O3. The standard InChI is InChI=1S/C20H26N4O3/c1-20(2,3)23-19(25)15-10-18(22-12-21-15)24-7-6-13-8-16(26-4)17(27-5)9-14(13)11-24/h8-10,12H,6-7,11H2,1-5H3,(H,23,25). The van der Waals surface area contributed by atoms with Gasteiger partial charge in [0.2, 0.25) is 0 Å². The fourth-order valence-electron chi connectivity index (χ4n) is 3.13. The number of nitrogens with zero attached hydrogens (tertiary/aromatic N) is 3. The molecule has 1 aliphatic heterocycles. The van der Waals surface area contributed by atoms with Crippen molar-refractivity contribution < 1.29 is 14.3 Å². The van der Waals surface area contributed by atoms with Gasteiger partial charge in [-0.15, -0.1) is 0 Å². The van der Waals surface area contributed by atoms with E-state index in [1.165, 1.54) is 17.5 Å². The normalized spacial score (nSPS) is 13.7. The van der Waals surface area contributed by atoms with Crippen molar-refractivity contribution in [3.05, 3.63) is 41.3 Å². The molecule has 0 spiro atoms. The first-order valence-corrected chi connectivity index (χ1v) is 8.94. The number of hydrogen-bond acceptors (Lipinski definition) is 6. The van der Waals surface area contributed by atoms with Gasteiger partial charge in [0.05, 0.1) is 14.2 Å². The molecule has 1 aliphatic rings. The van der Waals surface area contributed by atoms with Crippen LogP contribution in [0.4, 0.5) is 5.82 Å². The van der Waals surface area contributed by atoms with Crippen LogP contribution < -0.4 is 19.7 Å². The Morgan fingerprint density at radius 2 is 1.74 bits per heavy atom. The Morgan fingerprint density at radius 3 is 2.37 bits per heavy atom. The smallest absolute Gasteiger partial charge is 0.270 e. The summed E-state index contributed by atoms with van der Waals surface area (Å²) < 4.78 is 10.8. The Balaban J connectivity index is 1.83. The second-order valence-corrected chi connectivity index (χ2v) is 7.61. The molecule has 0 fully saturated rings. The number of anilines is 1. The predicted octanol–water partition coefficient (Wildman–Crippen LogP) is 2.58. The molecule has 1 amide bonds. The number of fused-ring (bicyclic) bond motifs is 1. The average Bonchev–Trinajstić information content (AvgIpc) is 2.65. The molecule has 0 aliphatic carbocycles. The molecule has 1 aromatic heterocycles. The van der Waals surface area contributed by atoms with Gasteiger partial charge in [0.25, 0.3) is 5.91 Å². The van der Waals surface area contributed by atoms with Crippen LogP contribution in [-0.4, -0.2) is 42.2 Å². The van der Waals surface area contributed by atoms with Gasteiger partial charge >= 0.3 is 0 Å². The third-order valence-electron chi connectivity index (χ3n) is 4.42. The van der Waals surface area contributed by atoms with Gasteiger partial charge in [0, 0.05) is 24.7 Å². The summed E-state index contributed by atoms with van der Waals surface area (Å²) in [4.78, 5) is 23.0. The Labute approximate surface area is 159 Å². The minimum Gasteiger partial charge on any atom is -0.493 e. The zero-order valence-electron chi connectivity index (χ0n) is 16.5. The highest BCUT2D eigenvalue weighted by Gasteiger charge is 2.22. The lowest BCUT2D eigenvalue weighted by Crippen LogP contribution is -2.41. The molecule has 0 bridgehead atoms. The second-order valence-electron chi connectivity index (χ2n) is 7.61. The van der Waals surface area contributed by atoms with Gasteiger partial charge < -0.3 is 19.7 Å². The van der Waals surface area contributed by atoms with E-state index in [0.717, 1.165) is 24.5 Å². The molecule has 1 aromatic carbocycles. The van der Waals surface area contributed by atoms with Gasteiger partial charge in [-0.2, -0.15) is 0 Å². The highest BCUT2D eigenvalue weighted by atomic mass is 16.5. The summed E-state index contributed by atoms with van der Waals surface area (Å²) in [7, 11) is 3.28. The fourth-order valence-corrected chi connectivity index (χ4v) is 3.13. The molecule has 2 heterocycles. The molecule has 0 unspecified atom stereocenters. The van der Waals surface area contributed by atoms with Gasteiger partial charge in [-0.05, 0) is 50.5 Å². The summed E-state index contributed by atoms with van der Waals surface area (Å²) in [6, 6.07) is 5.79. The zero-order chi connectivity index (χ0) is 19.6. The van der Waals surface area contributed by atoms with E-state index in [1.54, 1.807) is 20.3 Å². The number of nitrogens with one attached hydrogen (secondary N) is 1. The highest BCUT2D eigenvalue weighted by Crippen LogP contribution is 2.34.